The minimum Gasteiger partial charge on any atom is -0.453 e. The molecule has 0 unspecified atom stereocenters. The van der Waals surface area contributed by atoms with Crippen molar-refractivity contribution in [3.63, 3.8) is 0 Å². The fourth-order valence-electron chi connectivity index (χ4n) is 3.08. The Morgan fingerprint density at radius 3 is 2.68 bits per heavy atom. The van der Waals surface area contributed by atoms with Crippen molar-refractivity contribution in [3.05, 3.63) is 36.3 Å². The van der Waals surface area contributed by atoms with E-state index in [0.717, 1.165) is 11.3 Å². The van der Waals surface area contributed by atoms with Crippen LogP contribution in [0.5, 0.6) is 0 Å². The molecule has 2 atom stereocenters. The quantitative estimate of drug-likeness (QED) is 0.754. The minimum absolute atomic E-state index is 0.122. The first-order chi connectivity index (χ1) is 13.4. The average Bonchev–Trinajstić information content (AvgIpc) is 3.34. The lowest BCUT2D eigenvalue weighted by atomic mass is 9.95. The number of carbonyl (C=O) groups is 2. The van der Waals surface area contributed by atoms with Crippen molar-refractivity contribution < 1.29 is 14.3 Å². The monoisotopic (exact) mass is 381 g/mol. The summed E-state index contributed by atoms with van der Waals surface area (Å²) in [5, 5.41) is 8.21. The Morgan fingerprint density at radius 1 is 1.32 bits per heavy atom. The summed E-state index contributed by atoms with van der Waals surface area (Å²) in [5.74, 6) is 0.234. The molecule has 2 amide bonds. The van der Waals surface area contributed by atoms with Gasteiger partial charge in [0, 0.05) is 12.6 Å². The number of carbonyl (C=O) groups excluding carboxylic acids is 2. The van der Waals surface area contributed by atoms with Crippen LogP contribution < -0.4 is 10.8 Å². The van der Waals surface area contributed by atoms with Crippen LogP contribution in [0.3, 0.4) is 0 Å². The van der Waals surface area contributed by atoms with E-state index in [1.54, 1.807) is 12.4 Å². The molecule has 0 aliphatic carbocycles. The maximum Gasteiger partial charge on any atom is 0.407 e. The van der Waals surface area contributed by atoms with E-state index in [2.05, 4.69) is 25.1 Å². The third-order valence-corrected chi connectivity index (χ3v) is 4.72. The second kappa shape index (κ2) is 8.29. The van der Waals surface area contributed by atoms with Gasteiger partial charge in [0.2, 0.25) is 0 Å². The van der Waals surface area contributed by atoms with Gasteiger partial charge in [0.25, 0.3) is 5.91 Å². The third-order valence-electron chi connectivity index (χ3n) is 4.72. The molecule has 2 N–H and O–H groups in total. The number of methoxy groups -OCH3 is 1. The van der Waals surface area contributed by atoms with Crippen LogP contribution in [0.15, 0.2) is 35.6 Å². The van der Waals surface area contributed by atoms with Gasteiger partial charge in [-0.15, -0.1) is 0 Å². The molecular formula is C19H24BN5O3. The van der Waals surface area contributed by atoms with Gasteiger partial charge in [-0.25, -0.2) is 14.8 Å². The smallest absolute Gasteiger partial charge is 0.407 e. The number of aromatic amines is 1. The van der Waals surface area contributed by atoms with Gasteiger partial charge in [-0.2, -0.15) is 5.10 Å². The summed E-state index contributed by atoms with van der Waals surface area (Å²) in [6.45, 7) is 3.71. The van der Waals surface area contributed by atoms with Crippen LogP contribution in [-0.2, 0) is 9.53 Å². The lowest BCUT2D eigenvalue weighted by Gasteiger charge is -2.27. The van der Waals surface area contributed by atoms with E-state index in [0.29, 0.717) is 12.2 Å². The van der Waals surface area contributed by atoms with Gasteiger partial charge >= 0.3 is 6.09 Å². The van der Waals surface area contributed by atoms with Crippen molar-refractivity contribution in [3.8, 4) is 11.3 Å². The molecule has 0 radical (unpaired) electrons. The maximum absolute atomic E-state index is 13.0. The van der Waals surface area contributed by atoms with E-state index >= 15 is 0 Å². The first-order valence-corrected chi connectivity index (χ1v) is 9.22. The van der Waals surface area contributed by atoms with Crippen molar-refractivity contribution in [2.45, 2.75) is 32.4 Å². The molecular weight excluding hydrogens is 357 g/mol. The molecule has 1 aromatic carbocycles. The van der Waals surface area contributed by atoms with Crippen molar-refractivity contribution >= 4 is 31.5 Å². The lowest BCUT2D eigenvalue weighted by molar-refractivity contribution is -0.136. The molecule has 28 heavy (non-hydrogen) atoms. The van der Waals surface area contributed by atoms with E-state index in [1.165, 1.54) is 17.6 Å². The van der Waals surface area contributed by atoms with Crippen LogP contribution >= 0.6 is 0 Å². The van der Waals surface area contributed by atoms with Gasteiger partial charge in [0.05, 0.1) is 19.0 Å². The second-order valence-corrected chi connectivity index (χ2v) is 7.14. The van der Waals surface area contributed by atoms with Gasteiger partial charge in [-0.3, -0.25) is 4.79 Å². The van der Waals surface area contributed by atoms with Crippen LogP contribution in [0, 0.1) is 5.92 Å². The number of alkyl carbamates (subject to hydrolysis) is 1. The fourth-order valence-corrected chi connectivity index (χ4v) is 3.08. The Labute approximate surface area is 164 Å². The summed E-state index contributed by atoms with van der Waals surface area (Å²) >= 11 is 0. The molecule has 1 aliphatic rings. The summed E-state index contributed by atoms with van der Waals surface area (Å²) in [6, 6.07) is 7.04. The minimum atomic E-state index is -0.739. The number of nitrogens with one attached hydrogen (secondary N) is 2. The Morgan fingerprint density at radius 2 is 2.04 bits per heavy atom. The first kappa shape index (κ1) is 19.7. The number of hydrogen-bond acceptors (Lipinski definition) is 5. The molecule has 0 saturated heterocycles. The number of amides is 2. The van der Waals surface area contributed by atoms with E-state index in [1.807, 2.05) is 46.0 Å². The molecule has 2 aromatic rings. The van der Waals surface area contributed by atoms with Crippen LogP contribution in [0.25, 0.3) is 11.3 Å². The summed E-state index contributed by atoms with van der Waals surface area (Å²) in [6.07, 6.45) is 3.35. The number of rotatable bonds is 5. The number of nitrogens with zero attached hydrogens (tertiary/aromatic N) is 3. The van der Waals surface area contributed by atoms with E-state index in [9.17, 15) is 9.59 Å². The van der Waals surface area contributed by atoms with Gasteiger partial charge in [0.15, 0.2) is 0 Å². The zero-order chi connectivity index (χ0) is 20.3. The number of ether oxygens (including phenoxy) is 1. The van der Waals surface area contributed by atoms with Crippen LogP contribution in [0.2, 0.25) is 0 Å². The van der Waals surface area contributed by atoms with Crippen molar-refractivity contribution in [2.24, 2.45) is 11.0 Å². The van der Waals surface area contributed by atoms with Crippen LogP contribution in [0.1, 0.15) is 32.1 Å². The van der Waals surface area contributed by atoms with Crippen molar-refractivity contribution in [1.82, 2.24) is 20.3 Å². The van der Waals surface area contributed by atoms with E-state index in [4.69, 9.17) is 0 Å². The van der Waals surface area contributed by atoms with E-state index < -0.39 is 12.1 Å². The molecule has 2 heterocycles. The highest BCUT2D eigenvalue weighted by Crippen LogP contribution is 2.29. The summed E-state index contributed by atoms with van der Waals surface area (Å²) in [7, 11) is 3.30. The third kappa shape index (κ3) is 4.08. The summed E-state index contributed by atoms with van der Waals surface area (Å²) in [5.41, 5.74) is 3.08. The van der Waals surface area contributed by atoms with Crippen LogP contribution in [-0.4, -0.2) is 54.2 Å². The Bertz CT molecular complexity index is 878. The number of imidazole rings is 1. The summed E-state index contributed by atoms with van der Waals surface area (Å²) < 4.78 is 4.64. The average molecular weight is 381 g/mol. The number of hydrogen-bond donors (Lipinski definition) is 2. The van der Waals surface area contributed by atoms with Gasteiger partial charge < -0.3 is 15.0 Å². The lowest BCUT2D eigenvalue weighted by Crippen LogP contribution is -2.50. The van der Waals surface area contributed by atoms with Gasteiger partial charge in [-0.1, -0.05) is 43.6 Å². The maximum atomic E-state index is 13.0. The fraction of sp³-hybridized carbons (Fsp3) is 0.368. The second-order valence-electron chi connectivity index (χ2n) is 7.14. The molecule has 0 spiro atoms. The normalized spacial score (nSPS) is 17.0. The summed E-state index contributed by atoms with van der Waals surface area (Å²) in [4.78, 5) is 32.4. The Hall–Kier alpha value is -3.10. The molecule has 9 heteroatoms. The number of benzene rings is 1. The van der Waals surface area contributed by atoms with Gasteiger partial charge in [-0.05, 0) is 11.5 Å². The standard InChI is InChI=1S/C19H24BN5O3/c1-11(2)16(24-19(27)28-3)18(26)25-15(8-9-22-25)17-21-10-14(23-17)12-4-6-13(20)7-5-12/h4-7,9-11,15-16H,8,20H2,1-3H3,(H,21,23)(H,24,27)/t15-,16-/m0/s1. The molecule has 0 saturated carbocycles. The van der Waals surface area contributed by atoms with Crippen LogP contribution in [0.4, 0.5) is 4.79 Å². The molecule has 146 valence electrons. The molecule has 0 bridgehead atoms. The molecule has 0 fully saturated rings. The largest absolute Gasteiger partial charge is 0.453 e. The Balaban J connectivity index is 1.80. The number of aromatic nitrogens is 2. The SMILES string of the molecule is Bc1ccc(-c2cnc([C@@H]3CC=NN3C(=O)[C@@H](NC(=O)OC)C(C)C)[nH]2)cc1. The zero-order valence-electron chi connectivity index (χ0n) is 16.5. The molecule has 3 rings (SSSR count). The number of H-pyrrole nitrogens is 1. The van der Waals surface area contributed by atoms with E-state index in [-0.39, 0.29) is 17.9 Å². The highest BCUT2D eigenvalue weighted by molar-refractivity contribution is 6.32. The predicted molar refractivity (Wildman–Crippen MR) is 109 cm³/mol. The topological polar surface area (TPSA) is 99.7 Å². The number of hydrazone groups is 1. The Kier molecular flexibility index (Phi) is 5.82. The molecule has 1 aliphatic heterocycles. The molecule has 8 nitrogen and oxygen atoms in total. The zero-order valence-corrected chi connectivity index (χ0v) is 16.5. The predicted octanol–water partition coefficient (Wildman–Crippen LogP) is 0.975. The highest BCUT2D eigenvalue weighted by Gasteiger charge is 2.36. The van der Waals surface area contributed by atoms with Gasteiger partial charge in [0.1, 0.15) is 25.8 Å². The molecule has 1 aromatic heterocycles. The van der Waals surface area contributed by atoms with Crippen molar-refractivity contribution in [1.29, 1.82) is 0 Å². The van der Waals surface area contributed by atoms with Crippen molar-refractivity contribution in [2.75, 3.05) is 7.11 Å². The highest BCUT2D eigenvalue weighted by atomic mass is 16.5. The first-order valence-electron chi connectivity index (χ1n) is 9.22.